The monoisotopic (exact) mass is 361 g/mol. The first-order valence-corrected chi connectivity index (χ1v) is 8.28. The molecule has 0 amide bonds. The lowest BCUT2D eigenvalue weighted by atomic mass is 10.1. The molecule has 1 saturated heterocycles. The Hall–Kier alpha value is -1.66. The van der Waals surface area contributed by atoms with Gasteiger partial charge in [0, 0.05) is 22.3 Å². The third kappa shape index (κ3) is 4.18. The van der Waals surface area contributed by atoms with Gasteiger partial charge in [-0.05, 0) is 51.2 Å². The number of hydrogen-bond donors (Lipinski definition) is 2. The zero-order chi connectivity index (χ0) is 15.4. The van der Waals surface area contributed by atoms with E-state index in [1.54, 1.807) is 6.33 Å². The molecule has 1 aromatic carbocycles. The normalized spacial score (nSPS) is 16.5. The highest BCUT2D eigenvalue weighted by Crippen LogP contribution is 2.21. The van der Waals surface area contributed by atoms with E-state index in [2.05, 4.69) is 48.5 Å². The zero-order valence-electron chi connectivity index (χ0n) is 12.6. The Bertz CT molecular complexity index is 625. The van der Waals surface area contributed by atoms with Gasteiger partial charge in [-0.2, -0.15) is 0 Å². The van der Waals surface area contributed by atoms with Gasteiger partial charge in [0.1, 0.15) is 18.0 Å². The highest BCUT2D eigenvalue weighted by atomic mass is 79.9. The van der Waals surface area contributed by atoms with E-state index < -0.39 is 0 Å². The van der Waals surface area contributed by atoms with Crippen LogP contribution in [-0.2, 0) is 0 Å². The molecule has 1 aromatic heterocycles. The minimum atomic E-state index is 0.491. The predicted molar refractivity (Wildman–Crippen MR) is 93.6 cm³/mol. The van der Waals surface area contributed by atoms with Crippen LogP contribution in [0.4, 0.5) is 17.3 Å². The Morgan fingerprint density at radius 3 is 2.68 bits per heavy atom. The lowest BCUT2D eigenvalue weighted by Crippen LogP contribution is -2.36. The molecule has 2 aromatic rings. The molecule has 22 heavy (non-hydrogen) atoms. The fourth-order valence-corrected chi connectivity index (χ4v) is 2.98. The van der Waals surface area contributed by atoms with E-state index in [9.17, 15) is 0 Å². The van der Waals surface area contributed by atoms with Gasteiger partial charge in [-0.1, -0.05) is 22.0 Å². The van der Waals surface area contributed by atoms with Crippen molar-refractivity contribution in [1.82, 2.24) is 14.9 Å². The van der Waals surface area contributed by atoms with Crippen molar-refractivity contribution in [3.63, 3.8) is 0 Å². The van der Waals surface area contributed by atoms with Gasteiger partial charge in [0.05, 0.1) is 0 Å². The van der Waals surface area contributed by atoms with Gasteiger partial charge in [-0.3, -0.25) is 0 Å². The standard InChI is InChI=1S/C16H20BrN5/c1-22-7-5-13(6-8-22)20-15-10-16(19-11-18-15)21-14-4-2-3-12(17)9-14/h2-4,9-11,13H,5-8H2,1H3,(H2,18,19,20,21). The van der Waals surface area contributed by atoms with Gasteiger partial charge in [-0.15, -0.1) is 0 Å². The summed E-state index contributed by atoms with van der Waals surface area (Å²) in [6, 6.07) is 10.5. The van der Waals surface area contributed by atoms with Crippen molar-refractivity contribution in [2.75, 3.05) is 30.8 Å². The fourth-order valence-electron chi connectivity index (χ4n) is 2.58. The lowest BCUT2D eigenvalue weighted by molar-refractivity contribution is 0.263. The smallest absolute Gasteiger partial charge is 0.135 e. The summed E-state index contributed by atoms with van der Waals surface area (Å²) >= 11 is 3.47. The molecule has 0 atom stereocenters. The highest BCUT2D eigenvalue weighted by Gasteiger charge is 2.16. The van der Waals surface area contributed by atoms with Gasteiger partial charge in [0.2, 0.25) is 0 Å². The van der Waals surface area contributed by atoms with E-state index in [4.69, 9.17) is 0 Å². The first-order chi connectivity index (χ1) is 10.7. The Balaban J connectivity index is 1.65. The summed E-state index contributed by atoms with van der Waals surface area (Å²) in [5.41, 5.74) is 0.998. The molecule has 6 heteroatoms. The molecule has 2 heterocycles. The summed E-state index contributed by atoms with van der Waals surface area (Å²) in [5, 5.41) is 6.81. The Morgan fingerprint density at radius 1 is 1.14 bits per heavy atom. The maximum absolute atomic E-state index is 4.33. The molecular formula is C16H20BrN5. The molecule has 2 N–H and O–H groups in total. The van der Waals surface area contributed by atoms with Crippen LogP contribution in [0, 0.1) is 0 Å². The summed E-state index contributed by atoms with van der Waals surface area (Å²) in [6.07, 6.45) is 3.89. The Labute approximate surface area is 139 Å². The van der Waals surface area contributed by atoms with E-state index in [-0.39, 0.29) is 0 Å². The number of rotatable bonds is 4. The molecule has 5 nitrogen and oxygen atoms in total. The number of benzene rings is 1. The molecule has 1 fully saturated rings. The third-order valence-corrected chi connectivity index (χ3v) is 4.33. The fraction of sp³-hybridized carbons (Fsp3) is 0.375. The number of nitrogens with zero attached hydrogens (tertiary/aromatic N) is 3. The van der Waals surface area contributed by atoms with E-state index in [1.165, 1.54) is 0 Å². The maximum atomic E-state index is 4.33. The Morgan fingerprint density at radius 2 is 1.91 bits per heavy atom. The molecule has 0 saturated carbocycles. The molecule has 1 aliphatic rings. The minimum Gasteiger partial charge on any atom is -0.367 e. The van der Waals surface area contributed by atoms with Crippen LogP contribution in [0.25, 0.3) is 0 Å². The summed E-state index contributed by atoms with van der Waals surface area (Å²) < 4.78 is 1.04. The topological polar surface area (TPSA) is 53.1 Å². The van der Waals surface area contributed by atoms with Gasteiger partial charge in [0.15, 0.2) is 0 Å². The van der Waals surface area contributed by atoms with Crippen LogP contribution in [0.1, 0.15) is 12.8 Å². The molecule has 0 aliphatic carbocycles. The summed E-state index contributed by atoms with van der Waals surface area (Å²) in [6.45, 7) is 2.26. The van der Waals surface area contributed by atoms with Crippen molar-refractivity contribution in [1.29, 1.82) is 0 Å². The van der Waals surface area contributed by atoms with E-state index in [0.717, 1.165) is 47.7 Å². The summed E-state index contributed by atoms with van der Waals surface area (Å²) in [7, 11) is 2.17. The first-order valence-electron chi connectivity index (χ1n) is 7.49. The Kier molecular flexibility index (Phi) is 4.90. The number of hydrogen-bond acceptors (Lipinski definition) is 5. The van der Waals surface area contributed by atoms with Crippen LogP contribution >= 0.6 is 15.9 Å². The largest absolute Gasteiger partial charge is 0.367 e. The molecule has 116 valence electrons. The van der Waals surface area contributed by atoms with Crippen LogP contribution in [0.3, 0.4) is 0 Å². The highest BCUT2D eigenvalue weighted by molar-refractivity contribution is 9.10. The third-order valence-electron chi connectivity index (χ3n) is 3.83. The average molecular weight is 362 g/mol. The number of halogens is 1. The van der Waals surface area contributed by atoms with Crippen molar-refractivity contribution in [2.24, 2.45) is 0 Å². The second kappa shape index (κ2) is 7.07. The van der Waals surface area contributed by atoms with Crippen molar-refractivity contribution in [2.45, 2.75) is 18.9 Å². The number of piperidine rings is 1. The van der Waals surface area contributed by atoms with Crippen LogP contribution in [0.5, 0.6) is 0 Å². The maximum Gasteiger partial charge on any atom is 0.135 e. The number of anilines is 3. The second-order valence-electron chi connectivity index (χ2n) is 5.65. The first kappa shape index (κ1) is 15.2. The van der Waals surface area contributed by atoms with Crippen LogP contribution < -0.4 is 10.6 Å². The van der Waals surface area contributed by atoms with Crippen LogP contribution in [0.15, 0.2) is 41.1 Å². The van der Waals surface area contributed by atoms with E-state index in [0.29, 0.717) is 6.04 Å². The summed E-state index contributed by atoms with van der Waals surface area (Å²) in [5.74, 6) is 1.67. The quantitative estimate of drug-likeness (QED) is 0.872. The molecule has 0 bridgehead atoms. The van der Waals surface area contributed by atoms with E-state index in [1.807, 2.05) is 30.3 Å². The molecule has 0 spiro atoms. The average Bonchev–Trinajstić information content (AvgIpc) is 2.50. The van der Waals surface area contributed by atoms with Crippen LogP contribution in [-0.4, -0.2) is 41.0 Å². The lowest BCUT2D eigenvalue weighted by Gasteiger charge is -2.29. The molecule has 1 aliphatic heterocycles. The number of nitrogens with one attached hydrogen (secondary N) is 2. The molecule has 0 unspecified atom stereocenters. The van der Waals surface area contributed by atoms with Gasteiger partial charge in [-0.25, -0.2) is 9.97 Å². The zero-order valence-corrected chi connectivity index (χ0v) is 14.2. The molecular weight excluding hydrogens is 342 g/mol. The van der Waals surface area contributed by atoms with Gasteiger partial charge < -0.3 is 15.5 Å². The van der Waals surface area contributed by atoms with Crippen molar-refractivity contribution in [3.05, 3.63) is 41.1 Å². The second-order valence-corrected chi connectivity index (χ2v) is 6.56. The summed E-state index contributed by atoms with van der Waals surface area (Å²) in [4.78, 5) is 11.0. The molecule has 3 rings (SSSR count). The SMILES string of the molecule is CN1CCC(Nc2cc(Nc3cccc(Br)c3)ncn2)CC1. The van der Waals surface area contributed by atoms with E-state index >= 15 is 0 Å². The predicted octanol–water partition coefficient (Wildman–Crippen LogP) is 3.49. The van der Waals surface area contributed by atoms with Gasteiger partial charge >= 0.3 is 0 Å². The van der Waals surface area contributed by atoms with Gasteiger partial charge in [0.25, 0.3) is 0 Å². The van der Waals surface area contributed by atoms with Crippen molar-refractivity contribution in [3.8, 4) is 0 Å². The van der Waals surface area contributed by atoms with Crippen molar-refractivity contribution >= 4 is 33.3 Å². The van der Waals surface area contributed by atoms with Crippen molar-refractivity contribution < 1.29 is 0 Å². The number of aromatic nitrogens is 2. The number of likely N-dealkylation sites (tertiary alicyclic amines) is 1. The molecule has 0 radical (unpaired) electrons. The van der Waals surface area contributed by atoms with Crippen LogP contribution in [0.2, 0.25) is 0 Å². The minimum absolute atomic E-state index is 0.491.